The maximum atomic E-state index is 11.0. The van der Waals surface area contributed by atoms with E-state index in [9.17, 15) is 5.11 Å². The third-order valence-electron chi connectivity index (χ3n) is 3.54. The lowest BCUT2D eigenvalue weighted by Crippen LogP contribution is -2.43. The zero-order chi connectivity index (χ0) is 12.9. The highest BCUT2D eigenvalue weighted by molar-refractivity contribution is 7.10. The molecule has 96 valence electrons. The van der Waals surface area contributed by atoms with Gasteiger partial charge in [0.25, 0.3) is 0 Å². The molecule has 1 saturated carbocycles. The molecule has 3 heteroatoms. The van der Waals surface area contributed by atoms with Crippen molar-refractivity contribution in [2.45, 2.75) is 52.6 Å². The largest absolute Gasteiger partial charge is 0.384 e. The van der Waals surface area contributed by atoms with E-state index in [1.54, 1.807) is 11.3 Å². The molecular formula is C14H21ClOS. The summed E-state index contributed by atoms with van der Waals surface area (Å²) in [5.41, 5.74) is -0.440. The zero-order valence-electron chi connectivity index (χ0n) is 11.0. The highest BCUT2D eigenvalue weighted by atomic mass is 35.5. The van der Waals surface area contributed by atoms with E-state index < -0.39 is 5.60 Å². The van der Waals surface area contributed by atoms with Crippen LogP contribution in [0.15, 0.2) is 11.4 Å². The quantitative estimate of drug-likeness (QED) is 0.777. The summed E-state index contributed by atoms with van der Waals surface area (Å²) in [5, 5.41) is 13.7. The van der Waals surface area contributed by atoms with Crippen LogP contribution >= 0.6 is 22.9 Å². The van der Waals surface area contributed by atoms with Gasteiger partial charge in [-0.15, -0.1) is 11.3 Å². The van der Waals surface area contributed by atoms with E-state index in [2.05, 4.69) is 27.7 Å². The second kappa shape index (κ2) is 3.97. The molecule has 17 heavy (non-hydrogen) atoms. The van der Waals surface area contributed by atoms with Crippen molar-refractivity contribution in [3.8, 4) is 0 Å². The third kappa shape index (κ3) is 2.69. The van der Waals surface area contributed by atoms with Crippen LogP contribution in [0.2, 0.25) is 5.02 Å². The molecule has 1 fully saturated rings. The van der Waals surface area contributed by atoms with Crippen LogP contribution in [0.5, 0.6) is 0 Å². The summed E-state index contributed by atoms with van der Waals surface area (Å²) in [6, 6.07) is 1.88. The van der Waals surface area contributed by atoms with Crippen LogP contribution in [0.1, 0.15) is 51.8 Å². The van der Waals surface area contributed by atoms with Crippen LogP contribution in [0.25, 0.3) is 0 Å². The Bertz CT molecular complexity index is 404. The van der Waals surface area contributed by atoms with E-state index in [4.69, 9.17) is 11.6 Å². The van der Waals surface area contributed by atoms with Gasteiger partial charge in [0.2, 0.25) is 0 Å². The van der Waals surface area contributed by atoms with Gasteiger partial charge in [-0.1, -0.05) is 39.3 Å². The maximum Gasteiger partial charge on any atom is 0.101 e. The minimum absolute atomic E-state index is 0.157. The predicted octanol–water partition coefficient (Wildman–Crippen LogP) is 4.83. The highest BCUT2D eigenvalue weighted by Crippen LogP contribution is 2.55. The Balaban J connectivity index is 2.41. The lowest BCUT2D eigenvalue weighted by atomic mass is 9.59. The van der Waals surface area contributed by atoms with Crippen molar-refractivity contribution in [2.75, 3.05) is 0 Å². The molecule has 0 amide bonds. The molecule has 0 spiro atoms. The van der Waals surface area contributed by atoms with Gasteiger partial charge in [0.1, 0.15) is 5.60 Å². The van der Waals surface area contributed by atoms with Crippen LogP contribution in [0.3, 0.4) is 0 Å². The van der Waals surface area contributed by atoms with Crippen LogP contribution in [0, 0.1) is 10.8 Å². The molecule has 0 atom stereocenters. The number of aliphatic hydroxyl groups is 1. The first-order valence-corrected chi connectivity index (χ1v) is 7.35. The second-order valence-corrected chi connectivity index (χ2v) is 8.31. The van der Waals surface area contributed by atoms with Crippen LogP contribution in [0.4, 0.5) is 0 Å². The van der Waals surface area contributed by atoms with Crippen molar-refractivity contribution in [2.24, 2.45) is 10.8 Å². The molecular weight excluding hydrogens is 252 g/mol. The van der Waals surface area contributed by atoms with Gasteiger partial charge in [-0.05, 0) is 41.5 Å². The van der Waals surface area contributed by atoms with E-state index in [0.717, 1.165) is 24.1 Å². The summed E-state index contributed by atoms with van der Waals surface area (Å²) in [5.74, 6) is 0. The first kappa shape index (κ1) is 13.4. The lowest BCUT2D eigenvalue weighted by molar-refractivity contribution is -0.0888. The molecule has 0 saturated heterocycles. The van der Waals surface area contributed by atoms with Gasteiger partial charge in [0.15, 0.2) is 0 Å². The fourth-order valence-electron chi connectivity index (χ4n) is 3.85. The summed E-state index contributed by atoms with van der Waals surface area (Å²) >= 11 is 7.77. The van der Waals surface area contributed by atoms with Crippen LogP contribution in [-0.4, -0.2) is 5.11 Å². The monoisotopic (exact) mass is 272 g/mol. The van der Waals surface area contributed by atoms with E-state index in [1.807, 2.05) is 11.4 Å². The van der Waals surface area contributed by atoms with Crippen LogP contribution < -0.4 is 0 Å². The summed E-state index contributed by atoms with van der Waals surface area (Å²) in [4.78, 5) is 0.944. The maximum absolute atomic E-state index is 11.0. The van der Waals surface area contributed by atoms with Crippen molar-refractivity contribution < 1.29 is 5.11 Å². The van der Waals surface area contributed by atoms with Crippen molar-refractivity contribution in [1.29, 1.82) is 0 Å². The minimum atomic E-state index is -0.753. The Kier molecular flexibility index (Phi) is 3.13. The molecule has 0 bridgehead atoms. The Hall–Kier alpha value is -0.0500. The molecule has 1 nitrogen and oxygen atoms in total. The molecule has 0 unspecified atom stereocenters. The van der Waals surface area contributed by atoms with Gasteiger partial charge in [0, 0.05) is 0 Å². The summed E-state index contributed by atoms with van der Waals surface area (Å²) in [7, 11) is 0. The molecule has 1 aliphatic rings. The van der Waals surface area contributed by atoms with E-state index in [0.29, 0.717) is 5.02 Å². The summed E-state index contributed by atoms with van der Waals surface area (Å²) < 4.78 is 0. The molecule has 0 aliphatic heterocycles. The fourth-order valence-corrected chi connectivity index (χ4v) is 5.18. The SMILES string of the molecule is CC1(C)CC(C)(C)CC(O)(c2sccc2Cl)C1. The molecule has 1 aliphatic carbocycles. The molecule has 1 N–H and O–H groups in total. The van der Waals surface area contributed by atoms with E-state index in [1.165, 1.54) is 0 Å². The summed E-state index contributed by atoms with van der Waals surface area (Å²) in [6.45, 7) is 8.95. The van der Waals surface area contributed by atoms with Crippen molar-refractivity contribution in [1.82, 2.24) is 0 Å². The number of halogens is 1. The average Bonchev–Trinajstić information content (AvgIpc) is 2.44. The molecule has 0 aromatic carbocycles. The average molecular weight is 273 g/mol. The Labute approximate surface area is 113 Å². The highest BCUT2D eigenvalue weighted by Gasteiger charge is 2.48. The van der Waals surface area contributed by atoms with Gasteiger partial charge in [-0.3, -0.25) is 0 Å². The fraction of sp³-hybridized carbons (Fsp3) is 0.714. The van der Waals surface area contributed by atoms with Crippen molar-refractivity contribution in [3.05, 3.63) is 21.3 Å². The number of hydrogen-bond acceptors (Lipinski definition) is 2. The zero-order valence-corrected chi connectivity index (χ0v) is 12.6. The van der Waals surface area contributed by atoms with Gasteiger partial charge in [0.05, 0.1) is 9.90 Å². The molecule has 2 rings (SSSR count). The molecule has 1 heterocycles. The van der Waals surface area contributed by atoms with Crippen LogP contribution in [-0.2, 0) is 5.60 Å². The Morgan fingerprint density at radius 1 is 1.12 bits per heavy atom. The Morgan fingerprint density at radius 3 is 2.06 bits per heavy atom. The van der Waals surface area contributed by atoms with Gasteiger partial charge >= 0.3 is 0 Å². The minimum Gasteiger partial charge on any atom is -0.384 e. The number of thiophene rings is 1. The van der Waals surface area contributed by atoms with Gasteiger partial charge < -0.3 is 5.11 Å². The first-order valence-electron chi connectivity index (χ1n) is 6.10. The number of hydrogen-bond donors (Lipinski definition) is 1. The predicted molar refractivity (Wildman–Crippen MR) is 74.6 cm³/mol. The normalized spacial score (nSPS) is 25.8. The molecule has 0 radical (unpaired) electrons. The second-order valence-electron chi connectivity index (χ2n) is 6.99. The van der Waals surface area contributed by atoms with E-state index >= 15 is 0 Å². The Morgan fingerprint density at radius 2 is 1.65 bits per heavy atom. The van der Waals surface area contributed by atoms with Gasteiger partial charge in [-0.25, -0.2) is 0 Å². The summed E-state index contributed by atoms with van der Waals surface area (Å²) in [6.07, 6.45) is 2.73. The topological polar surface area (TPSA) is 20.2 Å². The number of rotatable bonds is 1. The lowest BCUT2D eigenvalue weighted by Gasteiger charge is -2.49. The standard InChI is InChI=1S/C14H21ClOS/c1-12(2)7-13(3,4)9-14(16,8-12)11-10(15)5-6-17-11/h5-6,16H,7-9H2,1-4H3. The van der Waals surface area contributed by atoms with E-state index in [-0.39, 0.29) is 10.8 Å². The smallest absolute Gasteiger partial charge is 0.101 e. The van der Waals surface area contributed by atoms with Gasteiger partial charge in [-0.2, -0.15) is 0 Å². The first-order chi connectivity index (χ1) is 7.64. The van der Waals surface area contributed by atoms with Crippen molar-refractivity contribution >= 4 is 22.9 Å². The molecule has 1 aromatic heterocycles. The van der Waals surface area contributed by atoms with Crippen molar-refractivity contribution in [3.63, 3.8) is 0 Å². The molecule has 1 aromatic rings. The third-order valence-corrected chi connectivity index (χ3v) is 5.07.